The van der Waals surface area contributed by atoms with Gasteiger partial charge >= 0.3 is 0 Å². The van der Waals surface area contributed by atoms with Gasteiger partial charge in [0, 0.05) is 17.3 Å². The van der Waals surface area contributed by atoms with Crippen LogP contribution in [0, 0.1) is 0 Å². The topological polar surface area (TPSA) is 67.2 Å². The Hall–Kier alpha value is -1.55. The second-order valence-corrected chi connectivity index (χ2v) is 4.82. The lowest BCUT2D eigenvalue weighted by Gasteiger charge is -2.18. The molecule has 1 atom stereocenters. The highest BCUT2D eigenvalue weighted by Gasteiger charge is 2.12. The molecule has 1 unspecified atom stereocenters. The van der Waals surface area contributed by atoms with E-state index >= 15 is 0 Å². The zero-order chi connectivity index (χ0) is 14.1. The Balaban J connectivity index is 2.58. The lowest BCUT2D eigenvalue weighted by Crippen LogP contribution is -2.34. The number of nitrogen functional groups attached to an aromatic ring is 1. The molecule has 0 aromatic heterocycles. The summed E-state index contributed by atoms with van der Waals surface area (Å²) in [5.41, 5.74) is 4.03. The van der Waals surface area contributed by atoms with Crippen molar-refractivity contribution in [3.63, 3.8) is 0 Å². The van der Waals surface area contributed by atoms with E-state index in [1.165, 1.54) is 0 Å². The lowest BCUT2D eigenvalue weighted by molar-refractivity contribution is 0.0932. The van der Waals surface area contributed by atoms with Crippen molar-refractivity contribution in [1.82, 2.24) is 5.32 Å². The number of benzene rings is 1. The molecule has 4 heteroatoms. The summed E-state index contributed by atoms with van der Waals surface area (Å²) in [7, 11) is 0. The van der Waals surface area contributed by atoms with E-state index in [1.54, 1.807) is 24.3 Å². The molecule has 1 amide bonds. The summed E-state index contributed by atoms with van der Waals surface area (Å²) in [4.78, 5) is 12.1. The van der Waals surface area contributed by atoms with Gasteiger partial charge in [0.2, 0.25) is 0 Å². The number of hydrogen-bond donors (Lipinski definition) is 3. The fraction of sp³-hybridized carbons (Fsp3) is 0.533. The van der Waals surface area contributed by atoms with Gasteiger partial charge in [0.15, 0.2) is 0 Å². The van der Waals surface area contributed by atoms with E-state index in [1.807, 2.05) is 0 Å². The SMILES string of the molecule is CCCCC(CCC)NC(=O)c1ccc(NN)cc1. The molecule has 0 radical (unpaired) electrons. The van der Waals surface area contributed by atoms with E-state index in [-0.39, 0.29) is 11.9 Å². The van der Waals surface area contributed by atoms with Crippen molar-refractivity contribution >= 4 is 11.6 Å². The number of hydrazine groups is 1. The van der Waals surface area contributed by atoms with Gasteiger partial charge in [0.1, 0.15) is 0 Å². The fourth-order valence-electron chi connectivity index (χ4n) is 2.07. The van der Waals surface area contributed by atoms with E-state index in [4.69, 9.17) is 5.84 Å². The molecular formula is C15H25N3O. The highest BCUT2D eigenvalue weighted by molar-refractivity contribution is 5.94. The number of hydrogen-bond acceptors (Lipinski definition) is 3. The first kappa shape index (κ1) is 15.5. The normalized spacial score (nSPS) is 11.9. The number of carbonyl (C=O) groups is 1. The molecular weight excluding hydrogens is 238 g/mol. The summed E-state index contributed by atoms with van der Waals surface area (Å²) >= 11 is 0. The molecule has 4 nitrogen and oxygen atoms in total. The number of unbranched alkanes of at least 4 members (excludes halogenated alkanes) is 1. The molecule has 1 aromatic rings. The van der Waals surface area contributed by atoms with Crippen LogP contribution in [-0.2, 0) is 0 Å². The number of rotatable bonds is 8. The van der Waals surface area contributed by atoms with Crippen molar-refractivity contribution in [2.45, 2.75) is 52.0 Å². The van der Waals surface area contributed by atoms with Crippen LogP contribution in [0.25, 0.3) is 0 Å². The number of nitrogens with two attached hydrogens (primary N) is 1. The summed E-state index contributed by atoms with van der Waals surface area (Å²) in [6.07, 6.45) is 5.49. The maximum Gasteiger partial charge on any atom is 0.251 e. The third-order valence-electron chi connectivity index (χ3n) is 3.19. The van der Waals surface area contributed by atoms with Crippen molar-refractivity contribution in [3.8, 4) is 0 Å². The van der Waals surface area contributed by atoms with Gasteiger partial charge in [-0.1, -0.05) is 33.1 Å². The van der Waals surface area contributed by atoms with Crippen LogP contribution < -0.4 is 16.6 Å². The number of amides is 1. The van der Waals surface area contributed by atoms with Crippen LogP contribution in [0.5, 0.6) is 0 Å². The highest BCUT2D eigenvalue weighted by atomic mass is 16.1. The minimum Gasteiger partial charge on any atom is -0.349 e. The predicted octanol–water partition coefficient (Wildman–Crippen LogP) is 3.06. The molecule has 0 fully saturated rings. The van der Waals surface area contributed by atoms with Gasteiger partial charge in [-0.15, -0.1) is 0 Å². The third kappa shape index (κ3) is 5.30. The lowest BCUT2D eigenvalue weighted by atomic mass is 10.0. The molecule has 0 bridgehead atoms. The second-order valence-electron chi connectivity index (χ2n) is 4.82. The molecule has 0 saturated carbocycles. The Kier molecular flexibility index (Phi) is 6.97. The fourth-order valence-corrected chi connectivity index (χ4v) is 2.07. The van der Waals surface area contributed by atoms with E-state index in [0.29, 0.717) is 5.56 Å². The van der Waals surface area contributed by atoms with Crippen molar-refractivity contribution in [2.24, 2.45) is 5.84 Å². The van der Waals surface area contributed by atoms with Crippen molar-refractivity contribution in [1.29, 1.82) is 0 Å². The molecule has 0 aliphatic heterocycles. The number of nitrogens with one attached hydrogen (secondary N) is 2. The third-order valence-corrected chi connectivity index (χ3v) is 3.19. The van der Waals surface area contributed by atoms with E-state index < -0.39 is 0 Å². The van der Waals surface area contributed by atoms with Crippen LogP contribution in [-0.4, -0.2) is 11.9 Å². The average molecular weight is 263 g/mol. The average Bonchev–Trinajstić information content (AvgIpc) is 2.45. The molecule has 1 rings (SSSR count). The smallest absolute Gasteiger partial charge is 0.251 e. The molecule has 19 heavy (non-hydrogen) atoms. The predicted molar refractivity (Wildman–Crippen MR) is 79.9 cm³/mol. The summed E-state index contributed by atoms with van der Waals surface area (Å²) < 4.78 is 0. The first-order valence-corrected chi connectivity index (χ1v) is 7.08. The van der Waals surface area contributed by atoms with Crippen LogP contribution >= 0.6 is 0 Å². The standard InChI is InChI=1S/C15H25N3O/c1-3-5-7-13(6-4-2)17-15(19)12-8-10-14(18-16)11-9-12/h8-11,13,18H,3-7,16H2,1-2H3,(H,17,19). The molecule has 106 valence electrons. The molecule has 0 aliphatic rings. The van der Waals surface area contributed by atoms with Crippen molar-refractivity contribution in [3.05, 3.63) is 29.8 Å². The van der Waals surface area contributed by atoms with Crippen LogP contribution in [0.3, 0.4) is 0 Å². The van der Waals surface area contributed by atoms with E-state index in [0.717, 1.165) is 37.8 Å². The Morgan fingerprint density at radius 3 is 2.37 bits per heavy atom. The van der Waals surface area contributed by atoms with Gasteiger partial charge < -0.3 is 10.7 Å². The van der Waals surface area contributed by atoms with Crippen LogP contribution in [0.4, 0.5) is 5.69 Å². The van der Waals surface area contributed by atoms with Gasteiger partial charge in [-0.05, 0) is 37.1 Å². The Morgan fingerprint density at radius 1 is 1.16 bits per heavy atom. The quantitative estimate of drug-likeness (QED) is 0.499. The molecule has 0 spiro atoms. The van der Waals surface area contributed by atoms with Gasteiger partial charge in [-0.2, -0.15) is 0 Å². The Labute approximate surface area is 115 Å². The van der Waals surface area contributed by atoms with Crippen molar-refractivity contribution < 1.29 is 4.79 Å². The molecule has 0 aliphatic carbocycles. The first-order valence-electron chi connectivity index (χ1n) is 7.08. The minimum absolute atomic E-state index is 0.00174. The van der Waals surface area contributed by atoms with Crippen LogP contribution in [0.1, 0.15) is 56.3 Å². The molecule has 4 N–H and O–H groups in total. The number of anilines is 1. The van der Waals surface area contributed by atoms with Gasteiger partial charge in [0.05, 0.1) is 0 Å². The largest absolute Gasteiger partial charge is 0.349 e. The van der Waals surface area contributed by atoms with Crippen LogP contribution in [0.2, 0.25) is 0 Å². The maximum atomic E-state index is 12.1. The zero-order valence-corrected chi connectivity index (χ0v) is 11.9. The second kappa shape index (κ2) is 8.53. The molecule has 1 aromatic carbocycles. The summed E-state index contributed by atoms with van der Waals surface area (Å²) in [5, 5.41) is 3.12. The minimum atomic E-state index is -0.00174. The monoisotopic (exact) mass is 263 g/mol. The number of carbonyl (C=O) groups excluding carboxylic acids is 1. The Bertz CT molecular complexity index is 375. The summed E-state index contributed by atoms with van der Waals surface area (Å²) in [6.45, 7) is 4.32. The van der Waals surface area contributed by atoms with Crippen molar-refractivity contribution in [2.75, 3.05) is 5.43 Å². The molecule has 0 heterocycles. The highest BCUT2D eigenvalue weighted by Crippen LogP contribution is 2.11. The maximum absolute atomic E-state index is 12.1. The van der Waals surface area contributed by atoms with E-state index in [9.17, 15) is 4.79 Å². The van der Waals surface area contributed by atoms with Crippen LogP contribution in [0.15, 0.2) is 24.3 Å². The first-order chi connectivity index (χ1) is 9.21. The summed E-state index contributed by atoms with van der Waals surface area (Å²) in [6, 6.07) is 7.46. The van der Waals surface area contributed by atoms with Gasteiger partial charge in [-0.25, -0.2) is 0 Å². The van der Waals surface area contributed by atoms with E-state index in [2.05, 4.69) is 24.6 Å². The zero-order valence-electron chi connectivity index (χ0n) is 11.9. The summed E-state index contributed by atoms with van der Waals surface area (Å²) in [5.74, 6) is 5.30. The molecule has 0 saturated heterocycles. The van der Waals surface area contributed by atoms with Gasteiger partial charge in [0.25, 0.3) is 5.91 Å². The van der Waals surface area contributed by atoms with Gasteiger partial charge in [-0.3, -0.25) is 10.6 Å². The Morgan fingerprint density at radius 2 is 1.84 bits per heavy atom.